The molecule has 18 heavy (non-hydrogen) atoms. The minimum atomic E-state index is -6.00. The maximum Gasteiger partial charge on any atom is 0.461 e. The lowest BCUT2D eigenvalue weighted by Gasteiger charge is -2.18. The molecule has 0 spiro atoms. The minimum absolute atomic E-state index is 0.189. The van der Waals surface area contributed by atoms with Crippen molar-refractivity contribution in [3.05, 3.63) is 29.2 Å². The monoisotopic (exact) mass is 268 g/mol. The topological polar surface area (TPSA) is 50.4 Å². The van der Waals surface area contributed by atoms with Crippen LogP contribution in [0, 0.1) is 0 Å². The molecule has 3 nitrogen and oxygen atoms in total. The average Bonchev–Trinajstić information content (AvgIpc) is 2.79. The van der Waals surface area contributed by atoms with Crippen LogP contribution in [0.15, 0.2) is 22.3 Å². The van der Waals surface area contributed by atoms with Crippen LogP contribution >= 0.6 is 0 Å². The second-order valence-electron chi connectivity index (χ2n) is 3.68. The Hall–Kier alpha value is -1.86. The molecule has 0 amide bonds. The van der Waals surface area contributed by atoms with E-state index in [4.69, 9.17) is 0 Å². The molecule has 1 N–H and O–H groups in total. The summed E-state index contributed by atoms with van der Waals surface area (Å²) in [6.45, 7) is 0. The van der Waals surface area contributed by atoms with Gasteiger partial charge in [-0.25, -0.2) is 0 Å². The van der Waals surface area contributed by atoms with E-state index >= 15 is 0 Å². The summed E-state index contributed by atoms with van der Waals surface area (Å²) in [5.41, 5.74) is -0.805. The van der Waals surface area contributed by atoms with E-state index in [1.54, 1.807) is 0 Å². The molecule has 2 rings (SSSR count). The summed E-state index contributed by atoms with van der Waals surface area (Å²) >= 11 is 0. The van der Waals surface area contributed by atoms with Crippen LogP contribution in [0.5, 0.6) is 0 Å². The fourth-order valence-corrected chi connectivity index (χ4v) is 1.60. The second kappa shape index (κ2) is 3.56. The van der Waals surface area contributed by atoms with Crippen molar-refractivity contribution >= 4 is 11.5 Å². The van der Waals surface area contributed by atoms with Crippen molar-refractivity contribution in [2.45, 2.75) is 18.5 Å². The zero-order valence-electron chi connectivity index (χ0n) is 8.52. The number of carbonyl (C=O) groups excluding carboxylic acids is 1. The lowest BCUT2D eigenvalue weighted by molar-refractivity contribution is -0.266. The molecule has 98 valence electrons. The number of hydrogen-bond donors (Lipinski definition) is 1. The van der Waals surface area contributed by atoms with Crippen molar-refractivity contribution in [1.29, 1.82) is 0 Å². The maximum absolute atomic E-state index is 12.8. The zero-order chi connectivity index (χ0) is 13.7. The van der Waals surface area contributed by atoms with Crippen LogP contribution in [0.25, 0.3) is 5.76 Å². The lowest BCUT2D eigenvalue weighted by atomic mass is 10.0. The number of ketones is 1. The first-order valence-corrected chi connectivity index (χ1v) is 4.64. The van der Waals surface area contributed by atoms with Crippen molar-refractivity contribution in [3.63, 3.8) is 0 Å². The number of furan rings is 1. The summed E-state index contributed by atoms with van der Waals surface area (Å²) in [6, 6.07) is 1.28. The first kappa shape index (κ1) is 12.6. The number of hydrogen-bond acceptors (Lipinski definition) is 3. The van der Waals surface area contributed by atoms with Gasteiger partial charge in [0.25, 0.3) is 0 Å². The van der Waals surface area contributed by atoms with Gasteiger partial charge in [0.15, 0.2) is 11.5 Å². The van der Waals surface area contributed by atoms with Crippen LogP contribution in [0.3, 0.4) is 0 Å². The quantitative estimate of drug-likeness (QED) is 0.839. The molecule has 0 aromatic carbocycles. The van der Waals surface area contributed by atoms with Crippen LogP contribution in [-0.2, 0) is 11.2 Å². The number of rotatable bonds is 2. The van der Waals surface area contributed by atoms with Gasteiger partial charge < -0.3 is 9.52 Å². The van der Waals surface area contributed by atoms with Gasteiger partial charge in [-0.3, -0.25) is 4.79 Å². The maximum atomic E-state index is 12.8. The molecular weight excluding hydrogens is 263 g/mol. The van der Waals surface area contributed by atoms with Gasteiger partial charge in [-0.1, -0.05) is 0 Å². The van der Waals surface area contributed by atoms with E-state index in [9.17, 15) is 31.9 Å². The zero-order valence-corrected chi connectivity index (χ0v) is 8.52. The summed E-state index contributed by atoms with van der Waals surface area (Å²) in [4.78, 5) is 11.2. The third-order valence-electron chi connectivity index (χ3n) is 2.53. The Bertz CT molecular complexity index is 538. The van der Waals surface area contributed by atoms with Crippen molar-refractivity contribution < 1.29 is 36.3 Å². The highest BCUT2D eigenvalue weighted by atomic mass is 19.4. The van der Waals surface area contributed by atoms with E-state index in [2.05, 4.69) is 4.42 Å². The van der Waals surface area contributed by atoms with Crippen molar-refractivity contribution in [2.75, 3.05) is 0 Å². The Kier molecular flexibility index (Phi) is 2.49. The number of halogens is 5. The molecule has 1 aromatic heterocycles. The molecule has 0 fully saturated rings. The molecular formula is C10H5F5O3. The van der Waals surface area contributed by atoms with Gasteiger partial charge in [-0.2, -0.15) is 22.0 Å². The number of aliphatic hydroxyl groups excluding tert-OH is 1. The molecule has 8 heteroatoms. The Morgan fingerprint density at radius 1 is 1.28 bits per heavy atom. The molecule has 0 bridgehead atoms. The van der Waals surface area contributed by atoms with Gasteiger partial charge in [0.05, 0.1) is 11.8 Å². The van der Waals surface area contributed by atoms with E-state index in [1.807, 2.05) is 0 Å². The van der Waals surface area contributed by atoms with E-state index in [1.165, 1.54) is 6.07 Å². The first-order valence-electron chi connectivity index (χ1n) is 4.64. The van der Waals surface area contributed by atoms with Gasteiger partial charge in [-0.15, -0.1) is 0 Å². The second-order valence-corrected chi connectivity index (χ2v) is 3.68. The Morgan fingerprint density at radius 3 is 2.39 bits per heavy atom. The fraction of sp³-hybridized carbons (Fsp3) is 0.300. The molecule has 0 radical (unpaired) electrons. The Morgan fingerprint density at radius 2 is 1.89 bits per heavy atom. The Balaban J connectivity index is 2.39. The first-order chi connectivity index (χ1) is 8.16. The number of aliphatic hydroxyl groups is 1. The van der Waals surface area contributed by atoms with Crippen LogP contribution in [0.1, 0.15) is 11.3 Å². The molecule has 0 saturated carbocycles. The molecule has 1 aliphatic carbocycles. The standard InChI is InChI=1S/C10H5F5O3/c11-9(12,10(13,14)15)8(17)5-3-4-1-2-18-7(4)6(5)16/h1-2,16H,3H2. The molecule has 1 aromatic rings. The summed E-state index contributed by atoms with van der Waals surface area (Å²) < 4.78 is 66.4. The van der Waals surface area contributed by atoms with Crippen LogP contribution in [0.2, 0.25) is 0 Å². The fourth-order valence-electron chi connectivity index (χ4n) is 1.60. The number of Topliss-reactive ketones (excluding diaryl/α,β-unsaturated/α-hetero) is 1. The predicted molar refractivity (Wildman–Crippen MR) is 48.0 cm³/mol. The number of alkyl halides is 5. The molecule has 0 saturated heterocycles. The highest BCUT2D eigenvalue weighted by molar-refractivity contribution is 6.07. The van der Waals surface area contributed by atoms with Gasteiger partial charge >= 0.3 is 12.1 Å². The third kappa shape index (κ3) is 1.59. The SMILES string of the molecule is O=C(C1=C(O)c2occc2C1)C(F)(F)C(F)(F)F. The summed E-state index contributed by atoms with van der Waals surface area (Å²) in [5.74, 6) is -9.21. The van der Waals surface area contributed by atoms with Crippen molar-refractivity contribution in [2.24, 2.45) is 0 Å². The summed E-state index contributed by atoms with van der Waals surface area (Å²) in [6.07, 6.45) is -5.38. The van der Waals surface area contributed by atoms with E-state index < -0.39 is 35.6 Å². The van der Waals surface area contributed by atoms with Gasteiger partial charge in [0, 0.05) is 12.0 Å². The van der Waals surface area contributed by atoms with E-state index in [0.29, 0.717) is 0 Å². The smallest absolute Gasteiger partial charge is 0.461 e. The predicted octanol–water partition coefficient (Wildman–Crippen LogP) is 2.87. The van der Waals surface area contributed by atoms with E-state index in [-0.39, 0.29) is 11.3 Å². The van der Waals surface area contributed by atoms with Crippen molar-refractivity contribution in [1.82, 2.24) is 0 Å². The molecule has 1 aliphatic rings. The van der Waals surface area contributed by atoms with E-state index in [0.717, 1.165) is 6.26 Å². The molecule has 1 heterocycles. The number of allylic oxidation sites excluding steroid dienone is 1. The largest absolute Gasteiger partial charge is 0.504 e. The van der Waals surface area contributed by atoms with Gasteiger partial charge in [-0.05, 0) is 6.07 Å². The average molecular weight is 268 g/mol. The number of carbonyl (C=O) groups is 1. The summed E-state index contributed by atoms with van der Waals surface area (Å²) in [7, 11) is 0. The highest BCUT2D eigenvalue weighted by Crippen LogP contribution is 2.41. The molecule has 0 unspecified atom stereocenters. The third-order valence-corrected chi connectivity index (χ3v) is 2.53. The van der Waals surface area contributed by atoms with Crippen LogP contribution in [0.4, 0.5) is 22.0 Å². The van der Waals surface area contributed by atoms with Crippen molar-refractivity contribution in [3.8, 4) is 0 Å². The number of fused-ring (bicyclic) bond motifs is 1. The molecule has 0 atom stereocenters. The highest BCUT2D eigenvalue weighted by Gasteiger charge is 2.64. The van der Waals surface area contributed by atoms with Gasteiger partial charge in [0.2, 0.25) is 5.78 Å². The normalized spacial score (nSPS) is 16.1. The van der Waals surface area contributed by atoms with Gasteiger partial charge in [0.1, 0.15) is 0 Å². The minimum Gasteiger partial charge on any atom is -0.504 e. The Labute approximate surface area is 96.5 Å². The van der Waals surface area contributed by atoms with Crippen LogP contribution < -0.4 is 0 Å². The lowest BCUT2D eigenvalue weighted by Crippen LogP contribution is -2.45. The molecule has 0 aliphatic heterocycles. The van der Waals surface area contributed by atoms with Crippen LogP contribution in [-0.4, -0.2) is 23.0 Å². The summed E-state index contributed by atoms with van der Waals surface area (Å²) in [5, 5.41) is 9.39.